The molecule has 1 aromatic carbocycles. The molecule has 0 amide bonds. The van der Waals surface area contributed by atoms with E-state index in [1.54, 1.807) is 6.20 Å². The zero-order valence-electron chi connectivity index (χ0n) is 13.6. The summed E-state index contributed by atoms with van der Waals surface area (Å²) in [6, 6.07) is 10.3. The fourth-order valence-electron chi connectivity index (χ4n) is 3.25. The third-order valence-corrected chi connectivity index (χ3v) is 4.73. The van der Waals surface area contributed by atoms with Gasteiger partial charge in [-0.3, -0.25) is 4.79 Å². The number of nitrogens with one attached hydrogen (secondary N) is 1. The Kier molecular flexibility index (Phi) is 3.90. The van der Waals surface area contributed by atoms with Crippen molar-refractivity contribution in [3.8, 4) is 0 Å². The number of hydrogen-bond donors (Lipinski definition) is 1. The molecule has 0 spiro atoms. The van der Waals surface area contributed by atoms with Crippen LogP contribution in [0.5, 0.6) is 0 Å². The molecule has 4 rings (SSSR count). The zero-order chi connectivity index (χ0) is 16.5. The summed E-state index contributed by atoms with van der Waals surface area (Å²) in [6.45, 7) is 3.50. The highest BCUT2D eigenvalue weighted by Gasteiger charge is 2.21. The molecule has 1 atom stereocenters. The van der Waals surface area contributed by atoms with Crippen LogP contribution in [-0.2, 0) is 4.74 Å². The summed E-state index contributed by atoms with van der Waals surface area (Å²) < 4.78 is 7.32. The van der Waals surface area contributed by atoms with E-state index in [1.165, 1.54) is 0 Å². The highest BCUT2D eigenvalue weighted by molar-refractivity contribution is 5.73. The molecular formula is C18H20N4O2. The van der Waals surface area contributed by atoms with Crippen LogP contribution in [0.15, 0.2) is 41.3 Å². The van der Waals surface area contributed by atoms with Crippen molar-refractivity contribution in [3.63, 3.8) is 0 Å². The van der Waals surface area contributed by atoms with Gasteiger partial charge in [-0.2, -0.15) is 5.10 Å². The average Bonchev–Trinajstić information content (AvgIpc) is 3.07. The third kappa shape index (κ3) is 2.63. The molecule has 124 valence electrons. The number of aromatic nitrogens is 4. The number of rotatable bonds is 3. The summed E-state index contributed by atoms with van der Waals surface area (Å²) >= 11 is 0. The molecule has 1 aliphatic heterocycles. The topological polar surface area (TPSA) is 72.8 Å². The van der Waals surface area contributed by atoms with Crippen LogP contribution in [0.1, 0.15) is 43.1 Å². The van der Waals surface area contributed by atoms with E-state index in [4.69, 9.17) is 9.72 Å². The summed E-state index contributed by atoms with van der Waals surface area (Å²) in [5.74, 6) is 0.689. The molecule has 3 aromatic rings. The fourth-order valence-corrected chi connectivity index (χ4v) is 3.25. The van der Waals surface area contributed by atoms with Gasteiger partial charge in [0.15, 0.2) is 5.65 Å². The van der Waals surface area contributed by atoms with Crippen LogP contribution in [0.4, 0.5) is 0 Å². The van der Waals surface area contributed by atoms with E-state index in [9.17, 15) is 4.79 Å². The van der Waals surface area contributed by atoms with Gasteiger partial charge in [-0.15, -0.1) is 0 Å². The van der Waals surface area contributed by atoms with Crippen LogP contribution in [-0.4, -0.2) is 33.0 Å². The fraction of sp³-hybridized carbons (Fsp3) is 0.389. The van der Waals surface area contributed by atoms with Gasteiger partial charge in [0.2, 0.25) is 0 Å². The minimum atomic E-state index is -0.129. The van der Waals surface area contributed by atoms with Crippen LogP contribution >= 0.6 is 0 Å². The van der Waals surface area contributed by atoms with Gasteiger partial charge in [-0.25, -0.2) is 9.67 Å². The first-order valence-corrected chi connectivity index (χ1v) is 8.34. The normalized spacial score (nSPS) is 17.2. The SMILES string of the molecule is CC(c1ccccc1)c1nc2c(cnn2C2CCOCC2)c(=O)[nH]1. The number of aromatic amines is 1. The number of ether oxygens (including phenoxy) is 1. The van der Waals surface area contributed by atoms with Crippen LogP contribution in [0.2, 0.25) is 0 Å². The van der Waals surface area contributed by atoms with Crippen LogP contribution in [0, 0.1) is 0 Å². The molecule has 0 saturated carbocycles. The van der Waals surface area contributed by atoms with E-state index in [1.807, 2.05) is 35.0 Å². The molecule has 1 fully saturated rings. The number of H-pyrrole nitrogens is 1. The summed E-state index contributed by atoms with van der Waals surface area (Å²) in [6.07, 6.45) is 3.41. The molecule has 0 bridgehead atoms. The quantitative estimate of drug-likeness (QED) is 0.804. The smallest absolute Gasteiger partial charge is 0.262 e. The maximum atomic E-state index is 12.5. The number of hydrogen-bond acceptors (Lipinski definition) is 4. The van der Waals surface area contributed by atoms with Gasteiger partial charge in [0.05, 0.1) is 12.2 Å². The number of benzene rings is 1. The van der Waals surface area contributed by atoms with Gasteiger partial charge in [-0.1, -0.05) is 37.3 Å². The van der Waals surface area contributed by atoms with Crippen molar-refractivity contribution in [1.29, 1.82) is 0 Å². The zero-order valence-corrected chi connectivity index (χ0v) is 13.6. The predicted octanol–water partition coefficient (Wildman–Crippen LogP) is 2.62. The molecule has 0 aliphatic carbocycles. The van der Waals surface area contributed by atoms with E-state index in [2.05, 4.69) is 17.0 Å². The van der Waals surface area contributed by atoms with Crippen molar-refractivity contribution in [2.24, 2.45) is 0 Å². The molecule has 1 unspecified atom stereocenters. The Bertz CT molecular complexity index is 894. The monoisotopic (exact) mass is 324 g/mol. The van der Waals surface area contributed by atoms with E-state index in [0.717, 1.165) is 31.6 Å². The van der Waals surface area contributed by atoms with Crippen LogP contribution in [0.25, 0.3) is 11.0 Å². The Morgan fingerprint density at radius 3 is 2.75 bits per heavy atom. The van der Waals surface area contributed by atoms with Crippen LogP contribution < -0.4 is 5.56 Å². The maximum absolute atomic E-state index is 12.5. The van der Waals surface area contributed by atoms with Gasteiger partial charge >= 0.3 is 0 Å². The highest BCUT2D eigenvalue weighted by Crippen LogP contribution is 2.25. The summed E-state index contributed by atoms with van der Waals surface area (Å²) in [7, 11) is 0. The molecule has 6 heteroatoms. The first kappa shape index (κ1) is 15.1. The van der Waals surface area contributed by atoms with E-state index < -0.39 is 0 Å². The van der Waals surface area contributed by atoms with Crippen molar-refractivity contribution in [1.82, 2.24) is 19.7 Å². The Morgan fingerprint density at radius 1 is 1.25 bits per heavy atom. The number of fused-ring (bicyclic) bond motifs is 1. The van der Waals surface area contributed by atoms with Crippen molar-refractivity contribution in [2.75, 3.05) is 13.2 Å². The lowest BCUT2D eigenvalue weighted by Gasteiger charge is -2.22. The van der Waals surface area contributed by atoms with Crippen molar-refractivity contribution >= 4 is 11.0 Å². The maximum Gasteiger partial charge on any atom is 0.262 e. The molecular weight excluding hydrogens is 304 g/mol. The molecule has 24 heavy (non-hydrogen) atoms. The molecule has 1 N–H and O–H groups in total. The Morgan fingerprint density at radius 2 is 2.00 bits per heavy atom. The molecule has 0 radical (unpaired) electrons. The average molecular weight is 324 g/mol. The highest BCUT2D eigenvalue weighted by atomic mass is 16.5. The lowest BCUT2D eigenvalue weighted by atomic mass is 10.0. The largest absolute Gasteiger partial charge is 0.381 e. The Balaban J connectivity index is 1.79. The van der Waals surface area contributed by atoms with Gasteiger partial charge in [0.25, 0.3) is 5.56 Å². The minimum Gasteiger partial charge on any atom is -0.381 e. The molecule has 3 heterocycles. The summed E-state index contributed by atoms with van der Waals surface area (Å²) in [4.78, 5) is 20.1. The Labute approximate surface area is 139 Å². The van der Waals surface area contributed by atoms with E-state index >= 15 is 0 Å². The molecule has 6 nitrogen and oxygen atoms in total. The first-order valence-electron chi connectivity index (χ1n) is 8.34. The lowest BCUT2D eigenvalue weighted by Crippen LogP contribution is -2.22. The van der Waals surface area contributed by atoms with Gasteiger partial charge < -0.3 is 9.72 Å². The van der Waals surface area contributed by atoms with Crippen molar-refractivity contribution in [2.45, 2.75) is 31.7 Å². The molecule has 1 aliphatic rings. The van der Waals surface area contributed by atoms with E-state index in [0.29, 0.717) is 16.9 Å². The number of nitrogens with zero attached hydrogens (tertiary/aromatic N) is 3. The van der Waals surface area contributed by atoms with Crippen molar-refractivity contribution < 1.29 is 4.74 Å². The standard InChI is InChI=1S/C18H20N4O2/c1-12(13-5-3-2-4-6-13)16-20-17-15(18(23)21-16)11-19-22(17)14-7-9-24-10-8-14/h2-6,11-12,14H,7-10H2,1H3,(H,20,21,23). The van der Waals surface area contributed by atoms with Gasteiger partial charge in [0, 0.05) is 19.1 Å². The minimum absolute atomic E-state index is 0.0151. The van der Waals surface area contributed by atoms with Gasteiger partial charge in [-0.05, 0) is 18.4 Å². The predicted molar refractivity (Wildman–Crippen MR) is 91.2 cm³/mol. The van der Waals surface area contributed by atoms with Gasteiger partial charge in [0.1, 0.15) is 11.2 Å². The Hall–Kier alpha value is -2.47. The van der Waals surface area contributed by atoms with Crippen molar-refractivity contribution in [3.05, 3.63) is 58.3 Å². The summed E-state index contributed by atoms with van der Waals surface area (Å²) in [5.41, 5.74) is 1.66. The summed E-state index contributed by atoms with van der Waals surface area (Å²) in [5, 5.41) is 4.98. The van der Waals surface area contributed by atoms with Crippen LogP contribution in [0.3, 0.4) is 0 Å². The van der Waals surface area contributed by atoms with E-state index in [-0.39, 0.29) is 17.5 Å². The first-order chi connectivity index (χ1) is 11.7. The molecule has 2 aromatic heterocycles. The molecule has 1 saturated heterocycles. The second-order valence-electron chi connectivity index (χ2n) is 6.25. The second-order valence-corrected chi connectivity index (χ2v) is 6.25. The lowest BCUT2D eigenvalue weighted by molar-refractivity contribution is 0.0673. The second kappa shape index (κ2) is 6.20. The third-order valence-electron chi connectivity index (χ3n) is 4.73.